The van der Waals surface area contributed by atoms with E-state index in [9.17, 15) is 9.59 Å². The molecule has 0 aromatic heterocycles. The van der Waals surface area contributed by atoms with Gasteiger partial charge >= 0.3 is 0 Å². The minimum atomic E-state index is -0.605. The lowest BCUT2D eigenvalue weighted by Gasteiger charge is -2.31. The zero-order chi connectivity index (χ0) is 22.9. The van der Waals surface area contributed by atoms with Crippen LogP contribution in [-0.2, 0) is 16.1 Å². The van der Waals surface area contributed by atoms with Crippen molar-refractivity contribution in [2.24, 2.45) is 0 Å². The van der Waals surface area contributed by atoms with E-state index in [-0.39, 0.29) is 24.5 Å². The van der Waals surface area contributed by atoms with Crippen molar-refractivity contribution in [2.75, 3.05) is 13.7 Å². The standard InChI is InChI=1S/C26H34N2O4/c1-19-13-15-21(16-14-19)17-28(20(2)26(30)27-22-9-5-4-6-10-22)25(29)18-32-24-12-8-7-11-23(24)31-3/h7-8,11-16,20,22H,4-6,9-10,17-18H2,1-3H3,(H,27,30). The Morgan fingerprint density at radius 2 is 1.69 bits per heavy atom. The van der Waals surface area contributed by atoms with Crippen LogP contribution >= 0.6 is 0 Å². The number of hydrogen-bond acceptors (Lipinski definition) is 4. The summed E-state index contributed by atoms with van der Waals surface area (Å²) in [5.41, 5.74) is 2.12. The third-order valence-corrected chi connectivity index (χ3v) is 6.01. The molecule has 1 aliphatic rings. The second kappa shape index (κ2) is 11.6. The number of carbonyl (C=O) groups excluding carboxylic acids is 2. The largest absolute Gasteiger partial charge is 0.493 e. The fourth-order valence-corrected chi connectivity index (χ4v) is 4.00. The topological polar surface area (TPSA) is 67.9 Å². The van der Waals surface area contributed by atoms with Gasteiger partial charge in [0.2, 0.25) is 5.91 Å². The van der Waals surface area contributed by atoms with E-state index in [1.165, 1.54) is 6.42 Å². The first kappa shape index (κ1) is 23.6. The van der Waals surface area contributed by atoms with Gasteiger partial charge in [-0.15, -0.1) is 0 Å². The van der Waals surface area contributed by atoms with Crippen LogP contribution in [0.5, 0.6) is 11.5 Å². The summed E-state index contributed by atoms with van der Waals surface area (Å²) >= 11 is 0. The molecule has 2 aromatic carbocycles. The highest BCUT2D eigenvalue weighted by Gasteiger charge is 2.28. The molecule has 0 spiro atoms. The van der Waals surface area contributed by atoms with Crippen LogP contribution in [0.2, 0.25) is 0 Å². The van der Waals surface area contributed by atoms with Gasteiger partial charge in [0.1, 0.15) is 6.04 Å². The molecule has 1 atom stereocenters. The number of aryl methyl sites for hydroxylation is 1. The number of benzene rings is 2. The number of hydrogen-bond donors (Lipinski definition) is 1. The molecule has 3 rings (SSSR count). The van der Waals surface area contributed by atoms with Crippen molar-refractivity contribution >= 4 is 11.8 Å². The Bertz CT molecular complexity index is 891. The maximum Gasteiger partial charge on any atom is 0.261 e. The van der Waals surface area contributed by atoms with Crippen LogP contribution < -0.4 is 14.8 Å². The molecule has 0 saturated heterocycles. The van der Waals surface area contributed by atoms with Crippen LogP contribution in [0.15, 0.2) is 48.5 Å². The van der Waals surface area contributed by atoms with Gasteiger partial charge in [-0.25, -0.2) is 0 Å². The number of rotatable bonds is 9. The van der Waals surface area contributed by atoms with E-state index in [2.05, 4.69) is 5.32 Å². The highest BCUT2D eigenvalue weighted by atomic mass is 16.5. The Labute approximate surface area is 190 Å². The third kappa shape index (κ3) is 6.49. The molecular weight excluding hydrogens is 404 g/mol. The van der Waals surface area contributed by atoms with Crippen LogP contribution in [0.3, 0.4) is 0 Å². The molecule has 172 valence electrons. The molecule has 0 bridgehead atoms. The Morgan fingerprint density at radius 1 is 1.03 bits per heavy atom. The molecule has 0 radical (unpaired) electrons. The zero-order valence-electron chi connectivity index (χ0n) is 19.3. The van der Waals surface area contributed by atoms with Crippen molar-refractivity contribution in [1.29, 1.82) is 0 Å². The normalized spacial score (nSPS) is 15.0. The van der Waals surface area contributed by atoms with Gasteiger partial charge in [0, 0.05) is 12.6 Å². The maximum absolute atomic E-state index is 13.2. The van der Waals surface area contributed by atoms with Crippen molar-refractivity contribution in [1.82, 2.24) is 10.2 Å². The van der Waals surface area contributed by atoms with Gasteiger partial charge in [-0.05, 0) is 44.4 Å². The number of carbonyl (C=O) groups is 2. The second-order valence-corrected chi connectivity index (χ2v) is 8.47. The summed E-state index contributed by atoms with van der Waals surface area (Å²) < 4.78 is 11.1. The van der Waals surface area contributed by atoms with Gasteiger partial charge in [0.05, 0.1) is 7.11 Å². The lowest BCUT2D eigenvalue weighted by Crippen LogP contribution is -2.51. The van der Waals surface area contributed by atoms with Crippen LogP contribution in [0.1, 0.15) is 50.2 Å². The minimum Gasteiger partial charge on any atom is -0.493 e. The predicted octanol–water partition coefficient (Wildman–Crippen LogP) is 4.25. The highest BCUT2D eigenvalue weighted by Crippen LogP contribution is 2.26. The smallest absolute Gasteiger partial charge is 0.261 e. The molecule has 0 aliphatic heterocycles. The molecule has 6 nitrogen and oxygen atoms in total. The first-order valence-electron chi connectivity index (χ1n) is 11.4. The summed E-state index contributed by atoms with van der Waals surface area (Å²) in [6.07, 6.45) is 5.50. The van der Waals surface area contributed by atoms with E-state index in [0.29, 0.717) is 18.0 Å². The molecule has 1 N–H and O–H groups in total. The van der Waals surface area contributed by atoms with Crippen molar-refractivity contribution in [3.8, 4) is 11.5 Å². The van der Waals surface area contributed by atoms with Gasteiger partial charge in [0.25, 0.3) is 5.91 Å². The summed E-state index contributed by atoms with van der Waals surface area (Å²) in [7, 11) is 1.56. The number of nitrogens with zero attached hydrogens (tertiary/aromatic N) is 1. The SMILES string of the molecule is COc1ccccc1OCC(=O)N(Cc1ccc(C)cc1)C(C)C(=O)NC1CCCCC1. The van der Waals surface area contributed by atoms with Crippen LogP contribution in [0.4, 0.5) is 0 Å². The van der Waals surface area contributed by atoms with E-state index < -0.39 is 6.04 Å². The number of methoxy groups -OCH3 is 1. The lowest BCUT2D eigenvalue weighted by atomic mass is 9.95. The second-order valence-electron chi connectivity index (χ2n) is 8.47. The average molecular weight is 439 g/mol. The average Bonchev–Trinajstić information content (AvgIpc) is 2.82. The fourth-order valence-electron chi connectivity index (χ4n) is 4.00. The quantitative estimate of drug-likeness (QED) is 0.636. The minimum absolute atomic E-state index is 0.116. The van der Waals surface area contributed by atoms with E-state index in [0.717, 1.165) is 36.8 Å². The summed E-state index contributed by atoms with van der Waals surface area (Å²) in [6.45, 7) is 3.97. The van der Waals surface area contributed by atoms with Gasteiger partial charge in [-0.2, -0.15) is 0 Å². The van der Waals surface area contributed by atoms with Crippen molar-refractivity contribution in [3.63, 3.8) is 0 Å². The molecule has 6 heteroatoms. The molecule has 2 amide bonds. The Morgan fingerprint density at radius 3 is 2.34 bits per heavy atom. The molecule has 1 aliphatic carbocycles. The molecule has 1 fully saturated rings. The molecule has 0 heterocycles. The molecular formula is C26H34N2O4. The zero-order valence-corrected chi connectivity index (χ0v) is 19.3. The van der Waals surface area contributed by atoms with Gasteiger partial charge in [0.15, 0.2) is 18.1 Å². The first-order valence-corrected chi connectivity index (χ1v) is 11.4. The summed E-state index contributed by atoms with van der Waals surface area (Å²) in [5, 5.41) is 3.15. The van der Waals surface area contributed by atoms with Crippen LogP contribution in [0.25, 0.3) is 0 Å². The van der Waals surface area contributed by atoms with Crippen LogP contribution in [-0.4, -0.2) is 42.5 Å². The third-order valence-electron chi connectivity index (χ3n) is 6.01. The molecule has 1 saturated carbocycles. The van der Waals surface area contributed by atoms with E-state index in [1.54, 1.807) is 31.1 Å². The molecule has 1 unspecified atom stereocenters. The van der Waals surface area contributed by atoms with E-state index in [4.69, 9.17) is 9.47 Å². The van der Waals surface area contributed by atoms with Crippen molar-refractivity contribution in [3.05, 3.63) is 59.7 Å². The highest BCUT2D eigenvalue weighted by molar-refractivity contribution is 5.88. The summed E-state index contributed by atoms with van der Waals surface area (Å²) in [4.78, 5) is 27.8. The molecule has 32 heavy (non-hydrogen) atoms. The summed E-state index contributed by atoms with van der Waals surface area (Å²) in [6, 6.07) is 14.8. The van der Waals surface area contributed by atoms with Crippen molar-refractivity contribution in [2.45, 2.75) is 64.6 Å². The lowest BCUT2D eigenvalue weighted by molar-refractivity contribution is -0.142. The number of nitrogens with one attached hydrogen (secondary N) is 1. The number of ether oxygens (including phenoxy) is 2. The Balaban J connectivity index is 1.71. The molecule has 2 aromatic rings. The Hall–Kier alpha value is -3.02. The monoisotopic (exact) mass is 438 g/mol. The Kier molecular flexibility index (Phi) is 8.54. The van der Waals surface area contributed by atoms with Crippen LogP contribution in [0, 0.1) is 6.92 Å². The predicted molar refractivity (Wildman–Crippen MR) is 125 cm³/mol. The van der Waals surface area contributed by atoms with E-state index in [1.807, 2.05) is 43.3 Å². The number of para-hydroxylation sites is 2. The maximum atomic E-state index is 13.2. The number of amides is 2. The van der Waals surface area contributed by atoms with Gasteiger partial charge < -0.3 is 19.7 Å². The van der Waals surface area contributed by atoms with Gasteiger partial charge in [-0.1, -0.05) is 61.2 Å². The summed E-state index contributed by atoms with van der Waals surface area (Å²) in [5.74, 6) is 0.698. The first-order chi connectivity index (χ1) is 15.5. The fraction of sp³-hybridized carbons (Fsp3) is 0.462. The van der Waals surface area contributed by atoms with Crippen molar-refractivity contribution < 1.29 is 19.1 Å². The van der Waals surface area contributed by atoms with Gasteiger partial charge in [-0.3, -0.25) is 9.59 Å². The van der Waals surface area contributed by atoms with E-state index >= 15 is 0 Å².